The molecule has 246 valence electrons. The SMILES string of the molecule is CC1C(/C=C/C2=C(c3ccccc3)C(=C/C=C3/N(C(=O)OCc4ccc(N)cc4)c4ccccc4C3(C)C)/CN(C)C2)=Nc2ccccc21. The monoisotopic (exact) mass is 646 g/mol. The zero-order valence-corrected chi connectivity index (χ0v) is 28.6. The van der Waals surface area contributed by atoms with E-state index in [4.69, 9.17) is 15.5 Å². The Morgan fingerprint density at radius 1 is 0.898 bits per heavy atom. The molecule has 1 unspecified atom stereocenters. The topological polar surface area (TPSA) is 71.2 Å². The van der Waals surface area contributed by atoms with Gasteiger partial charge in [0.1, 0.15) is 6.61 Å². The highest BCUT2D eigenvalue weighted by molar-refractivity contribution is 6.06. The summed E-state index contributed by atoms with van der Waals surface area (Å²) in [5.74, 6) is 0.242. The molecule has 4 aromatic carbocycles. The molecule has 0 bridgehead atoms. The van der Waals surface area contributed by atoms with E-state index in [1.807, 2.05) is 48.5 Å². The Morgan fingerprint density at radius 3 is 2.39 bits per heavy atom. The molecular formula is C43H42N4O2. The minimum Gasteiger partial charge on any atom is -0.444 e. The fraction of sp³-hybridized carbons (Fsp3) is 0.209. The van der Waals surface area contributed by atoms with Crippen molar-refractivity contribution in [1.82, 2.24) is 4.90 Å². The molecule has 4 aromatic rings. The van der Waals surface area contributed by atoms with Crippen LogP contribution in [0.2, 0.25) is 0 Å². The highest BCUT2D eigenvalue weighted by Gasteiger charge is 2.43. The summed E-state index contributed by atoms with van der Waals surface area (Å²) >= 11 is 0. The van der Waals surface area contributed by atoms with Crippen molar-refractivity contribution < 1.29 is 9.53 Å². The zero-order valence-electron chi connectivity index (χ0n) is 28.6. The van der Waals surface area contributed by atoms with Gasteiger partial charge in [-0.15, -0.1) is 0 Å². The first-order valence-corrected chi connectivity index (χ1v) is 16.9. The van der Waals surface area contributed by atoms with E-state index in [9.17, 15) is 4.79 Å². The summed E-state index contributed by atoms with van der Waals surface area (Å²) in [6, 6.07) is 34.5. The molecule has 0 saturated heterocycles. The third-order valence-corrected chi connectivity index (χ3v) is 9.80. The fourth-order valence-electron chi connectivity index (χ4n) is 7.19. The largest absolute Gasteiger partial charge is 0.444 e. The second-order valence-electron chi connectivity index (χ2n) is 13.6. The standard InChI is InChI=1S/C43H42N4O2/c1-29-35-14-8-10-16-38(35)45-37(29)24-20-32-26-46(4)27-33(41(32)31-12-6-5-7-13-31)21-25-40-43(2,3)36-15-9-11-17-39(36)47(40)42(48)49-28-30-18-22-34(44)23-19-30/h5-25,29H,26-28,44H2,1-4H3/b24-20+,33-21+,40-25+. The predicted octanol–water partition coefficient (Wildman–Crippen LogP) is 9.36. The smallest absolute Gasteiger partial charge is 0.419 e. The van der Waals surface area contributed by atoms with Gasteiger partial charge in [0.2, 0.25) is 0 Å². The first-order valence-electron chi connectivity index (χ1n) is 16.9. The van der Waals surface area contributed by atoms with Crippen LogP contribution in [0.15, 0.2) is 149 Å². The van der Waals surface area contributed by atoms with E-state index in [0.717, 1.165) is 47.0 Å². The van der Waals surface area contributed by atoms with Crippen molar-refractivity contribution in [3.63, 3.8) is 0 Å². The molecule has 1 amide bonds. The third-order valence-electron chi connectivity index (χ3n) is 9.80. The van der Waals surface area contributed by atoms with Gasteiger partial charge in [-0.05, 0) is 82.4 Å². The predicted molar refractivity (Wildman–Crippen MR) is 201 cm³/mol. The molecule has 1 atom stereocenters. The number of fused-ring (bicyclic) bond motifs is 2. The Hall–Kier alpha value is -5.46. The van der Waals surface area contributed by atoms with Crippen LogP contribution in [-0.4, -0.2) is 36.8 Å². The van der Waals surface area contributed by atoms with Gasteiger partial charge in [0.15, 0.2) is 0 Å². The maximum absolute atomic E-state index is 13.9. The van der Waals surface area contributed by atoms with Crippen LogP contribution in [0.3, 0.4) is 0 Å². The molecule has 0 radical (unpaired) electrons. The second kappa shape index (κ2) is 13.2. The van der Waals surface area contributed by atoms with Crippen LogP contribution in [0.25, 0.3) is 5.57 Å². The summed E-state index contributed by atoms with van der Waals surface area (Å²) in [4.78, 5) is 22.9. The van der Waals surface area contributed by atoms with Crippen LogP contribution in [0.5, 0.6) is 0 Å². The number of likely N-dealkylation sites (N-methyl/N-ethyl adjacent to an activating group) is 1. The van der Waals surface area contributed by atoms with Gasteiger partial charge in [0.05, 0.1) is 11.4 Å². The molecule has 6 heteroatoms. The van der Waals surface area contributed by atoms with E-state index in [1.165, 1.54) is 27.8 Å². The Balaban J connectivity index is 1.28. The van der Waals surface area contributed by atoms with Crippen molar-refractivity contribution in [2.75, 3.05) is 30.8 Å². The van der Waals surface area contributed by atoms with Crippen LogP contribution >= 0.6 is 0 Å². The number of anilines is 2. The number of nitrogens with two attached hydrogens (primary N) is 1. The number of carbonyl (C=O) groups is 1. The highest BCUT2D eigenvalue weighted by Crippen LogP contribution is 2.48. The lowest BCUT2D eigenvalue weighted by atomic mass is 9.83. The van der Waals surface area contributed by atoms with Crippen molar-refractivity contribution in [1.29, 1.82) is 0 Å². The van der Waals surface area contributed by atoms with E-state index >= 15 is 0 Å². The van der Waals surface area contributed by atoms with Crippen LogP contribution < -0.4 is 10.6 Å². The summed E-state index contributed by atoms with van der Waals surface area (Å²) in [5.41, 5.74) is 18.0. The minimum atomic E-state index is -0.431. The lowest BCUT2D eigenvalue weighted by Gasteiger charge is -2.30. The fourth-order valence-corrected chi connectivity index (χ4v) is 7.19. The molecule has 3 aliphatic heterocycles. The maximum atomic E-state index is 13.9. The lowest BCUT2D eigenvalue weighted by Crippen LogP contribution is -2.32. The number of nitrogens with zero attached hydrogens (tertiary/aromatic N) is 3. The Bertz CT molecular complexity index is 2050. The van der Waals surface area contributed by atoms with Gasteiger partial charge in [-0.25, -0.2) is 9.69 Å². The Morgan fingerprint density at radius 2 is 1.61 bits per heavy atom. The molecule has 0 aliphatic carbocycles. The summed E-state index contributed by atoms with van der Waals surface area (Å²) in [6.45, 7) is 8.29. The number of benzene rings is 4. The summed E-state index contributed by atoms with van der Waals surface area (Å²) in [7, 11) is 2.15. The van der Waals surface area contributed by atoms with Crippen molar-refractivity contribution in [2.24, 2.45) is 4.99 Å². The number of aliphatic imine (C=N–C) groups is 1. The Kier molecular flexibility index (Phi) is 8.66. The number of nitrogen functional groups attached to an aromatic ring is 1. The lowest BCUT2D eigenvalue weighted by molar-refractivity contribution is 0.148. The zero-order chi connectivity index (χ0) is 34.1. The average Bonchev–Trinajstić information content (AvgIpc) is 3.55. The maximum Gasteiger partial charge on any atom is 0.419 e. The van der Waals surface area contributed by atoms with Gasteiger partial charge in [-0.1, -0.05) is 112 Å². The van der Waals surface area contributed by atoms with Gasteiger partial charge in [-0.3, -0.25) is 9.89 Å². The van der Waals surface area contributed by atoms with E-state index in [0.29, 0.717) is 5.69 Å². The van der Waals surface area contributed by atoms with E-state index in [1.54, 1.807) is 4.90 Å². The number of amides is 1. The van der Waals surface area contributed by atoms with Gasteiger partial charge in [0.25, 0.3) is 0 Å². The summed E-state index contributed by atoms with van der Waals surface area (Å²) in [6.07, 6.45) is 8.34. The molecule has 0 spiro atoms. The van der Waals surface area contributed by atoms with E-state index < -0.39 is 11.5 Å². The summed E-state index contributed by atoms with van der Waals surface area (Å²) in [5, 5.41) is 0. The van der Waals surface area contributed by atoms with Gasteiger partial charge < -0.3 is 10.5 Å². The average molecular weight is 647 g/mol. The van der Waals surface area contributed by atoms with Gasteiger partial charge in [0, 0.05) is 41.5 Å². The molecule has 2 N–H and O–H groups in total. The number of hydrogen-bond acceptors (Lipinski definition) is 5. The third kappa shape index (κ3) is 6.28. The first kappa shape index (κ1) is 32.1. The molecule has 0 aromatic heterocycles. The van der Waals surface area contributed by atoms with Gasteiger partial charge in [-0.2, -0.15) is 0 Å². The number of allylic oxidation sites excluding steroid dienone is 4. The van der Waals surface area contributed by atoms with Crippen molar-refractivity contribution >= 4 is 34.4 Å². The van der Waals surface area contributed by atoms with Crippen LogP contribution in [-0.2, 0) is 16.8 Å². The molecule has 0 fully saturated rings. The number of hydrogen-bond donors (Lipinski definition) is 1. The molecule has 3 heterocycles. The minimum absolute atomic E-state index is 0.156. The number of para-hydroxylation sites is 2. The second-order valence-corrected chi connectivity index (χ2v) is 13.6. The van der Waals surface area contributed by atoms with Crippen LogP contribution in [0, 0.1) is 0 Å². The van der Waals surface area contributed by atoms with Crippen molar-refractivity contribution in [3.05, 3.63) is 167 Å². The van der Waals surface area contributed by atoms with Gasteiger partial charge >= 0.3 is 6.09 Å². The van der Waals surface area contributed by atoms with E-state index in [2.05, 4.69) is 112 Å². The van der Waals surface area contributed by atoms with Crippen LogP contribution in [0.4, 0.5) is 21.9 Å². The van der Waals surface area contributed by atoms with Crippen molar-refractivity contribution in [2.45, 2.75) is 38.7 Å². The number of rotatable bonds is 6. The van der Waals surface area contributed by atoms with E-state index in [-0.39, 0.29) is 12.5 Å². The highest BCUT2D eigenvalue weighted by atomic mass is 16.6. The summed E-state index contributed by atoms with van der Waals surface area (Å²) < 4.78 is 5.91. The molecule has 3 aliphatic rings. The number of carbonyl (C=O) groups excluding carboxylic acids is 1. The molecule has 49 heavy (non-hydrogen) atoms. The van der Waals surface area contributed by atoms with Crippen molar-refractivity contribution in [3.8, 4) is 0 Å². The Labute approximate surface area is 289 Å². The normalized spacial score (nSPS) is 20.2. The molecule has 0 saturated carbocycles. The van der Waals surface area contributed by atoms with Crippen LogP contribution in [0.1, 0.15) is 48.9 Å². The molecule has 7 rings (SSSR count). The molecular weight excluding hydrogens is 604 g/mol. The quantitative estimate of drug-likeness (QED) is 0.212. The molecule has 6 nitrogen and oxygen atoms in total. The number of ether oxygens (including phenoxy) is 1. The first-order chi connectivity index (χ1) is 23.7.